The van der Waals surface area contributed by atoms with E-state index in [1.165, 1.54) is 5.56 Å². The monoisotopic (exact) mass is 238 g/mol. The van der Waals surface area contributed by atoms with Gasteiger partial charge in [-0.25, -0.2) is 0 Å². The van der Waals surface area contributed by atoms with Crippen molar-refractivity contribution < 1.29 is 4.21 Å². The van der Waals surface area contributed by atoms with Crippen LogP contribution in [0.1, 0.15) is 18.4 Å². The minimum Gasteiger partial charge on any atom is -0.314 e. The topological polar surface area (TPSA) is 42.0 Å². The summed E-state index contributed by atoms with van der Waals surface area (Å²) in [6.07, 6.45) is 6.84. The molecule has 0 bridgehead atoms. The maximum atomic E-state index is 11.2. The average Bonchev–Trinajstić information content (AvgIpc) is 2.33. The lowest BCUT2D eigenvalue weighted by Crippen LogP contribution is -2.36. The summed E-state index contributed by atoms with van der Waals surface area (Å²) in [6.45, 7) is 0.989. The Morgan fingerprint density at radius 2 is 2.25 bits per heavy atom. The van der Waals surface area contributed by atoms with Gasteiger partial charge in [0, 0.05) is 40.7 Å². The molecule has 16 heavy (non-hydrogen) atoms. The van der Waals surface area contributed by atoms with Crippen LogP contribution in [0, 0.1) is 0 Å². The first kappa shape index (κ1) is 11.7. The molecule has 1 aliphatic rings. The first-order valence-electron chi connectivity index (χ1n) is 5.82. The van der Waals surface area contributed by atoms with E-state index in [2.05, 4.69) is 16.4 Å². The van der Waals surface area contributed by atoms with Gasteiger partial charge in [-0.3, -0.25) is 9.19 Å². The molecule has 4 heteroatoms. The fraction of sp³-hybridized carbons (Fsp3) is 0.583. The van der Waals surface area contributed by atoms with E-state index in [9.17, 15) is 4.21 Å². The molecule has 3 nitrogen and oxygen atoms in total. The highest BCUT2D eigenvalue weighted by Gasteiger charge is 2.16. The molecule has 1 aromatic heterocycles. The summed E-state index contributed by atoms with van der Waals surface area (Å²) in [6, 6.07) is 4.64. The fourth-order valence-electron chi connectivity index (χ4n) is 1.96. The van der Waals surface area contributed by atoms with Crippen LogP contribution in [-0.4, -0.2) is 33.3 Å². The molecule has 88 valence electrons. The zero-order valence-electron chi connectivity index (χ0n) is 9.39. The third-order valence-electron chi connectivity index (χ3n) is 2.96. The SMILES string of the molecule is O=S1CCC(NCCc2cccnc2)CC1. The molecule has 1 saturated heterocycles. The number of hydrogen-bond donors (Lipinski definition) is 1. The zero-order chi connectivity index (χ0) is 11.2. The molecule has 0 spiro atoms. The number of nitrogens with zero attached hydrogens (tertiary/aromatic N) is 1. The highest BCUT2D eigenvalue weighted by Crippen LogP contribution is 2.09. The summed E-state index contributed by atoms with van der Waals surface area (Å²) in [7, 11) is -0.552. The Hall–Kier alpha value is -0.740. The van der Waals surface area contributed by atoms with Crippen LogP contribution >= 0.6 is 0 Å². The molecular formula is C12H18N2OS. The van der Waals surface area contributed by atoms with Crippen molar-refractivity contribution in [1.29, 1.82) is 0 Å². The molecule has 1 aliphatic heterocycles. The predicted molar refractivity (Wildman–Crippen MR) is 66.8 cm³/mol. The van der Waals surface area contributed by atoms with E-state index < -0.39 is 10.8 Å². The van der Waals surface area contributed by atoms with Crippen LogP contribution in [0.15, 0.2) is 24.5 Å². The minimum absolute atomic E-state index is 0.552. The van der Waals surface area contributed by atoms with E-state index in [-0.39, 0.29) is 0 Å². The summed E-state index contributed by atoms with van der Waals surface area (Å²) in [5.74, 6) is 1.73. The van der Waals surface area contributed by atoms with Gasteiger partial charge in [0.2, 0.25) is 0 Å². The Balaban J connectivity index is 1.67. The minimum atomic E-state index is -0.552. The Morgan fingerprint density at radius 1 is 1.44 bits per heavy atom. The molecule has 0 amide bonds. The van der Waals surface area contributed by atoms with Gasteiger partial charge < -0.3 is 5.32 Å². The molecule has 1 aromatic rings. The molecule has 2 rings (SSSR count). The second kappa shape index (κ2) is 6.11. The van der Waals surface area contributed by atoms with E-state index in [0.717, 1.165) is 37.3 Å². The molecule has 0 atom stereocenters. The van der Waals surface area contributed by atoms with Crippen molar-refractivity contribution in [2.75, 3.05) is 18.1 Å². The van der Waals surface area contributed by atoms with Gasteiger partial charge in [-0.15, -0.1) is 0 Å². The molecule has 0 radical (unpaired) electrons. The number of hydrogen-bond acceptors (Lipinski definition) is 3. The van der Waals surface area contributed by atoms with Gasteiger partial charge in [-0.2, -0.15) is 0 Å². The van der Waals surface area contributed by atoms with Crippen molar-refractivity contribution in [3.63, 3.8) is 0 Å². The van der Waals surface area contributed by atoms with Crippen LogP contribution in [0.2, 0.25) is 0 Å². The van der Waals surface area contributed by atoms with Crippen LogP contribution in [0.4, 0.5) is 0 Å². The van der Waals surface area contributed by atoms with Gasteiger partial charge in [-0.1, -0.05) is 6.07 Å². The first-order chi connectivity index (χ1) is 7.84. The van der Waals surface area contributed by atoms with Gasteiger partial charge >= 0.3 is 0 Å². The maximum Gasteiger partial charge on any atom is 0.0300 e. The van der Waals surface area contributed by atoms with Crippen molar-refractivity contribution >= 4 is 10.8 Å². The van der Waals surface area contributed by atoms with E-state index >= 15 is 0 Å². The smallest absolute Gasteiger partial charge is 0.0300 e. The van der Waals surface area contributed by atoms with Crippen molar-refractivity contribution in [3.8, 4) is 0 Å². The van der Waals surface area contributed by atoms with Crippen molar-refractivity contribution in [2.24, 2.45) is 0 Å². The molecule has 0 saturated carbocycles. The van der Waals surface area contributed by atoms with E-state index in [4.69, 9.17) is 0 Å². The van der Waals surface area contributed by atoms with Crippen LogP contribution in [0.25, 0.3) is 0 Å². The predicted octanol–water partition coefficient (Wildman–Crippen LogP) is 1.12. The van der Waals surface area contributed by atoms with Gasteiger partial charge in [-0.05, 0) is 37.4 Å². The molecule has 0 unspecified atom stereocenters. The second-order valence-electron chi connectivity index (χ2n) is 4.19. The number of pyridine rings is 1. The molecule has 0 aromatic carbocycles. The van der Waals surface area contributed by atoms with Gasteiger partial charge in [0.15, 0.2) is 0 Å². The second-order valence-corrected chi connectivity index (χ2v) is 5.88. The summed E-state index contributed by atoms with van der Waals surface area (Å²) in [5, 5.41) is 3.53. The van der Waals surface area contributed by atoms with Crippen LogP contribution in [-0.2, 0) is 17.2 Å². The third kappa shape index (κ3) is 3.68. The van der Waals surface area contributed by atoms with E-state index in [0.29, 0.717) is 6.04 Å². The Bertz CT molecular complexity index is 332. The third-order valence-corrected chi connectivity index (χ3v) is 4.34. The van der Waals surface area contributed by atoms with Crippen molar-refractivity contribution in [2.45, 2.75) is 25.3 Å². The summed E-state index contributed by atoms with van der Waals surface area (Å²) >= 11 is 0. The highest BCUT2D eigenvalue weighted by atomic mass is 32.2. The normalized spacial score (nSPS) is 25.5. The lowest BCUT2D eigenvalue weighted by Gasteiger charge is -2.22. The van der Waals surface area contributed by atoms with Gasteiger partial charge in [0.25, 0.3) is 0 Å². The Labute approximate surface area is 99.1 Å². The van der Waals surface area contributed by atoms with Crippen molar-refractivity contribution in [1.82, 2.24) is 10.3 Å². The van der Waals surface area contributed by atoms with E-state index in [1.807, 2.05) is 12.3 Å². The molecule has 2 heterocycles. The first-order valence-corrected chi connectivity index (χ1v) is 7.30. The summed E-state index contributed by atoms with van der Waals surface area (Å²) in [5.41, 5.74) is 1.27. The largest absolute Gasteiger partial charge is 0.314 e. The van der Waals surface area contributed by atoms with Gasteiger partial charge in [0.1, 0.15) is 0 Å². The average molecular weight is 238 g/mol. The Kier molecular flexibility index (Phi) is 4.48. The highest BCUT2D eigenvalue weighted by molar-refractivity contribution is 7.85. The lowest BCUT2D eigenvalue weighted by atomic mass is 10.1. The van der Waals surface area contributed by atoms with Gasteiger partial charge in [0.05, 0.1) is 0 Å². The molecule has 0 aliphatic carbocycles. The van der Waals surface area contributed by atoms with E-state index in [1.54, 1.807) is 6.20 Å². The summed E-state index contributed by atoms with van der Waals surface area (Å²) in [4.78, 5) is 4.09. The standard InChI is InChI=1S/C12H18N2OS/c15-16-8-4-12(5-9-16)14-7-3-11-2-1-6-13-10-11/h1-2,6,10,12,14H,3-5,7-9H2. The molecular weight excluding hydrogens is 220 g/mol. The fourth-order valence-corrected chi connectivity index (χ4v) is 3.26. The zero-order valence-corrected chi connectivity index (χ0v) is 10.2. The maximum absolute atomic E-state index is 11.2. The molecule has 1 fully saturated rings. The number of nitrogens with one attached hydrogen (secondary N) is 1. The number of aromatic nitrogens is 1. The molecule has 1 N–H and O–H groups in total. The van der Waals surface area contributed by atoms with Crippen LogP contribution in [0.5, 0.6) is 0 Å². The lowest BCUT2D eigenvalue weighted by molar-refractivity contribution is 0.479. The number of rotatable bonds is 4. The van der Waals surface area contributed by atoms with Crippen LogP contribution < -0.4 is 5.32 Å². The summed E-state index contributed by atoms with van der Waals surface area (Å²) < 4.78 is 11.2. The van der Waals surface area contributed by atoms with Crippen LogP contribution in [0.3, 0.4) is 0 Å². The van der Waals surface area contributed by atoms with Crippen molar-refractivity contribution in [3.05, 3.63) is 30.1 Å². The quantitative estimate of drug-likeness (QED) is 0.855. The Morgan fingerprint density at radius 3 is 2.94 bits per heavy atom.